The number of rotatable bonds is 4. The third-order valence-electron chi connectivity index (χ3n) is 2.39. The summed E-state index contributed by atoms with van der Waals surface area (Å²) in [5, 5.41) is 3.08. The van der Waals surface area contributed by atoms with Crippen molar-refractivity contribution in [3.8, 4) is 11.1 Å². The maximum Gasteiger partial charge on any atom is 0.222 e. The average Bonchev–Trinajstić information content (AvgIpc) is 2.37. The highest BCUT2D eigenvalue weighted by Gasteiger charge is 2.01. The summed E-state index contributed by atoms with van der Waals surface area (Å²) < 4.78 is 1.04. The molecule has 0 aliphatic rings. The Morgan fingerprint density at radius 1 is 1.28 bits per heavy atom. The lowest BCUT2D eigenvalue weighted by Gasteiger charge is -2.07. The molecule has 0 aliphatic carbocycles. The first-order valence-electron chi connectivity index (χ1n) is 5.72. The van der Waals surface area contributed by atoms with E-state index >= 15 is 0 Å². The highest BCUT2D eigenvalue weighted by atomic mass is 79.9. The molecule has 0 fully saturated rings. The molecule has 5 heteroatoms. The first-order chi connectivity index (χ1) is 8.65. The van der Waals surface area contributed by atoms with Crippen molar-refractivity contribution in [3.63, 3.8) is 0 Å². The molecule has 0 bridgehead atoms. The van der Waals surface area contributed by atoms with Crippen LogP contribution >= 0.6 is 15.9 Å². The van der Waals surface area contributed by atoms with Gasteiger partial charge in [-0.2, -0.15) is 0 Å². The summed E-state index contributed by atoms with van der Waals surface area (Å²) in [6.07, 6.45) is 3.61. The lowest BCUT2D eigenvalue weighted by Crippen LogP contribution is -2.25. The van der Waals surface area contributed by atoms with Crippen LogP contribution in [-0.4, -0.2) is 22.6 Å². The molecule has 0 saturated heterocycles. The van der Waals surface area contributed by atoms with Crippen LogP contribution in [0, 0.1) is 0 Å². The van der Waals surface area contributed by atoms with Crippen LogP contribution in [-0.2, 0) is 0 Å². The van der Waals surface area contributed by atoms with E-state index in [2.05, 4.69) is 31.2 Å². The Bertz CT molecular complexity index is 511. The van der Waals surface area contributed by atoms with E-state index < -0.39 is 0 Å². The minimum Gasteiger partial charge on any atom is -0.353 e. The standard InChI is InChI=1S/C13H15BrN4/c1-9(15)6-16-13-17-7-11(8-18-13)10-3-2-4-12(14)5-10/h2-5,7-9H,6,15H2,1H3,(H,16,17,18). The fourth-order valence-corrected chi connectivity index (χ4v) is 1.89. The van der Waals surface area contributed by atoms with Crippen LogP contribution in [0.3, 0.4) is 0 Å². The highest BCUT2D eigenvalue weighted by molar-refractivity contribution is 9.10. The van der Waals surface area contributed by atoms with Gasteiger partial charge >= 0.3 is 0 Å². The lowest BCUT2D eigenvalue weighted by molar-refractivity contribution is 0.773. The summed E-state index contributed by atoms with van der Waals surface area (Å²) in [6.45, 7) is 2.60. The summed E-state index contributed by atoms with van der Waals surface area (Å²) in [4.78, 5) is 8.53. The van der Waals surface area contributed by atoms with E-state index in [1.165, 1.54) is 0 Å². The molecule has 4 nitrogen and oxygen atoms in total. The highest BCUT2D eigenvalue weighted by Crippen LogP contribution is 2.21. The Labute approximate surface area is 115 Å². The van der Waals surface area contributed by atoms with Gasteiger partial charge in [0, 0.05) is 35.0 Å². The van der Waals surface area contributed by atoms with Gasteiger partial charge in [-0.05, 0) is 24.6 Å². The molecule has 0 aliphatic heterocycles. The molecule has 0 spiro atoms. The van der Waals surface area contributed by atoms with Crippen LogP contribution in [0.25, 0.3) is 11.1 Å². The Morgan fingerprint density at radius 2 is 2.00 bits per heavy atom. The number of hydrogen-bond acceptors (Lipinski definition) is 4. The lowest BCUT2D eigenvalue weighted by atomic mass is 10.1. The molecule has 2 rings (SSSR count). The van der Waals surface area contributed by atoms with Gasteiger partial charge in [0.05, 0.1) is 0 Å². The average molecular weight is 307 g/mol. The molecule has 1 atom stereocenters. The molecular formula is C13H15BrN4. The van der Waals surface area contributed by atoms with Crippen LogP contribution in [0.4, 0.5) is 5.95 Å². The van der Waals surface area contributed by atoms with E-state index in [4.69, 9.17) is 5.73 Å². The van der Waals surface area contributed by atoms with Crippen molar-refractivity contribution in [2.45, 2.75) is 13.0 Å². The predicted octanol–water partition coefficient (Wildman–Crippen LogP) is 2.67. The van der Waals surface area contributed by atoms with Gasteiger partial charge in [0.1, 0.15) is 0 Å². The van der Waals surface area contributed by atoms with Gasteiger partial charge in [0.25, 0.3) is 0 Å². The van der Waals surface area contributed by atoms with Gasteiger partial charge in [-0.25, -0.2) is 9.97 Å². The normalized spacial score (nSPS) is 12.2. The molecule has 3 N–H and O–H groups in total. The minimum atomic E-state index is 0.0818. The molecule has 0 radical (unpaired) electrons. The van der Waals surface area contributed by atoms with Crippen LogP contribution in [0.1, 0.15) is 6.92 Å². The van der Waals surface area contributed by atoms with Crippen LogP contribution in [0.5, 0.6) is 0 Å². The zero-order valence-corrected chi connectivity index (χ0v) is 11.7. The molecule has 18 heavy (non-hydrogen) atoms. The van der Waals surface area contributed by atoms with E-state index in [1.54, 1.807) is 12.4 Å². The first kappa shape index (κ1) is 13.0. The molecule has 1 aromatic carbocycles. The SMILES string of the molecule is CC(N)CNc1ncc(-c2cccc(Br)c2)cn1. The van der Waals surface area contributed by atoms with Gasteiger partial charge in [0.15, 0.2) is 0 Å². The number of nitrogens with two attached hydrogens (primary N) is 1. The quantitative estimate of drug-likeness (QED) is 0.911. The number of hydrogen-bond donors (Lipinski definition) is 2. The minimum absolute atomic E-state index is 0.0818. The van der Waals surface area contributed by atoms with Crippen LogP contribution in [0.15, 0.2) is 41.1 Å². The smallest absolute Gasteiger partial charge is 0.222 e. The molecule has 1 heterocycles. The zero-order chi connectivity index (χ0) is 13.0. The number of nitrogens with one attached hydrogen (secondary N) is 1. The second-order valence-electron chi connectivity index (χ2n) is 4.16. The fraction of sp³-hybridized carbons (Fsp3) is 0.231. The zero-order valence-electron chi connectivity index (χ0n) is 10.1. The number of anilines is 1. The monoisotopic (exact) mass is 306 g/mol. The summed E-state index contributed by atoms with van der Waals surface area (Å²) in [7, 11) is 0. The van der Waals surface area contributed by atoms with Crippen LogP contribution < -0.4 is 11.1 Å². The maximum absolute atomic E-state index is 5.65. The van der Waals surface area contributed by atoms with Crippen molar-refractivity contribution in [2.24, 2.45) is 5.73 Å². The van der Waals surface area contributed by atoms with E-state index in [0.717, 1.165) is 15.6 Å². The molecule has 1 aromatic heterocycles. The molecule has 2 aromatic rings. The van der Waals surface area contributed by atoms with E-state index in [0.29, 0.717) is 12.5 Å². The van der Waals surface area contributed by atoms with Gasteiger partial charge in [-0.3, -0.25) is 0 Å². The molecular weight excluding hydrogens is 292 g/mol. The van der Waals surface area contributed by atoms with Crippen molar-refractivity contribution in [2.75, 3.05) is 11.9 Å². The molecule has 1 unspecified atom stereocenters. The summed E-state index contributed by atoms with van der Waals surface area (Å²) in [5.74, 6) is 0.603. The van der Waals surface area contributed by atoms with Crippen molar-refractivity contribution < 1.29 is 0 Å². The van der Waals surface area contributed by atoms with Crippen molar-refractivity contribution >= 4 is 21.9 Å². The maximum atomic E-state index is 5.65. The topological polar surface area (TPSA) is 63.8 Å². The van der Waals surface area contributed by atoms with E-state index in [1.807, 2.05) is 31.2 Å². The fourth-order valence-electron chi connectivity index (χ4n) is 1.49. The largest absolute Gasteiger partial charge is 0.353 e. The second-order valence-corrected chi connectivity index (χ2v) is 5.08. The van der Waals surface area contributed by atoms with E-state index in [9.17, 15) is 0 Å². The first-order valence-corrected chi connectivity index (χ1v) is 6.52. The Morgan fingerprint density at radius 3 is 2.61 bits per heavy atom. The third kappa shape index (κ3) is 3.51. The summed E-state index contributed by atoms with van der Waals surface area (Å²) in [5.41, 5.74) is 7.73. The van der Waals surface area contributed by atoms with Gasteiger partial charge in [0.2, 0.25) is 5.95 Å². The molecule has 0 saturated carbocycles. The number of aromatic nitrogens is 2. The predicted molar refractivity (Wildman–Crippen MR) is 77.3 cm³/mol. The van der Waals surface area contributed by atoms with Gasteiger partial charge in [-0.1, -0.05) is 28.1 Å². The number of benzene rings is 1. The van der Waals surface area contributed by atoms with E-state index in [-0.39, 0.29) is 6.04 Å². The number of nitrogens with zero attached hydrogens (tertiary/aromatic N) is 2. The van der Waals surface area contributed by atoms with Crippen LogP contribution in [0.2, 0.25) is 0 Å². The number of halogens is 1. The summed E-state index contributed by atoms with van der Waals surface area (Å²) >= 11 is 3.45. The van der Waals surface area contributed by atoms with Crippen molar-refractivity contribution in [3.05, 3.63) is 41.1 Å². The van der Waals surface area contributed by atoms with Crippen molar-refractivity contribution in [1.29, 1.82) is 0 Å². The second kappa shape index (κ2) is 5.93. The Kier molecular flexibility index (Phi) is 4.28. The molecule has 0 amide bonds. The third-order valence-corrected chi connectivity index (χ3v) is 2.89. The van der Waals surface area contributed by atoms with Crippen molar-refractivity contribution in [1.82, 2.24) is 9.97 Å². The Balaban J connectivity index is 2.12. The summed E-state index contributed by atoms with van der Waals surface area (Å²) in [6, 6.07) is 8.12. The van der Waals surface area contributed by atoms with Gasteiger partial charge in [-0.15, -0.1) is 0 Å². The van der Waals surface area contributed by atoms with Gasteiger partial charge < -0.3 is 11.1 Å². The molecule has 94 valence electrons. The Hall–Kier alpha value is -1.46.